The van der Waals surface area contributed by atoms with Crippen LogP contribution in [0.3, 0.4) is 0 Å². The van der Waals surface area contributed by atoms with Gasteiger partial charge in [0.1, 0.15) is 17.5 Å². The molecule has 118 valence electrons. The standard InChI is InChI=1S/C18H20N4O/c1-3-15-6-7-17(21-11-15)18-20-9-10-22(18)13-14(2)23-16-5-4-8-19-12-16/h4-12,14H,3,13H2,1-2H3. The monoisotopic (exact) mass is 308 g/mol. The van der Waals surface area contributed by atoms with Crippen LogP contribution in [0, 0.1) is 0 Å². The lowest BCUT2D eigenvalue weighted by Crippen LogP contribution is -2.20. The molecule has 0 fully saturated rings. The lowest BCUT2D eigenvalue weighted by Gasteiger charge is -2.16. The molecule has 3 rings (SSSR count). The first kappa shape index (κ1) is 15.2. The van der Waals surface area contributed by atoms with Crippen molar-refractivity contribution in [3.8, 4) is 17.3 Å². The van der Waals surface area contributed by atoms with Gasteiger partial charge in [0, 0.05) is 24.8 Å². The highest BCUT2D eigenvalue weighted by Gasteiger charge is 2.11. The van der Waals surface area contributed by atoms with Gasteiger partial charge in [-0.15, -0.1) is 0 Å². The van der Waals surface area contributed by atoms with E-state index in [-0.39, 0.29) is 6.10 Å². The van der Waals surface area contributed by atoms with Crippen LogP contribution in [0.25, 0.3) is 11.5 Å². The lowest BCUT2D eigenvalue weighted by atomic mass is 10.2. The zero-order chi connectivity index (χ0) is 16.1. The normalized spacial score (nSPS) is 12.1. The van der Waals surface area contributed by atoms with E-state index in [0.29, 0.717) is 6.54 Å². The number of ether oxygens (including phenoxy) is 1. The Morgan fingerprint density at radius 3 is 2.74 bits per heavy atom. The second-order valence-corrected chi connectivity index (χ2v) is 5.43. The molecule has 5 heteroatoms. The Labute approximate surface area is 136 Å². The third kappa shape index (κ3) is 3.74. The molecule has 3 aromatic rings. The average Bonchev–Trinajstić information content (AvgIpc) is 3.03. The Balaban J connectivity index is 1.72. The summed E-state index contributed by atoms with van der Waals surface area (Å²) in [6, 6.07) is 7.88. The van der Waals surface area contributed by atoms with Gasteiger partial charge >= 0.3 is 0 Å². The summed E-state index contributed by atoms with van der Waals surface area (Å²) in [6.07, 6.45) is 10.1. The average molecular weight is 308 g/mol. The summed E-state index contributed by atoms with van der Waals surface area (Å²) in [4.78, 5) is 13.0. The smallest absolute Gasteiger partial charge is 0.158 e. The molecule has 0 aromatic carbocycles. The van der Waals surface area contributed by atoms with Gasteiger partial charge in [0.25, 0.3) is 0 Å². The number of pyridine rings is 2. The van der Waals surface area contributed by atoms with E-state index in [0.717, 1.165) is 23.7 Å². The van der Waals surface area contributed by atoms with Gasteiger partial charge in [-0.1, -0.05) is 13.0 Å². The Morgan fingerprint density at radius 2 is 2.04 bits per heavy atom. The van der Waals surface area contributed by atoms with Crippen molar-refractivity contribution < 1.29 is 4.74 Å². The fourth-order valence-electron chi connectivity index (χ4n) is 2.42. The number of imidazole rings is 1. The van der Waals surface area contributed by atoms with Crippen molar-refractivity contribution in [3.63, 3.8) is 0 Å². The second kappa shape index (κ2) is 7.05. The molecule has 0 aliphatic carbocycles. The van der Waals surface area contributed by atoms with Crippen molar-refractivity contribution >= 4 is 0 Å². The quantitative estimate of drug-likeness (QED) is 0.700. The van der Waals surface area contributed by atoms with E-state index in [2.05, 4.69) is 32.5 Å². The number of hydrogen-bond acceptors (Lipinski definition) is 4. The maximum atomic E-state index is 5.88. The molecule has 3 heterocycles. The summed E-state index contributed by atoms with van der Waals surface area (Å²) in [5.74, 6) is 1.63. The van der Waals surface area contributed by atoms with Gasteiger partial charge in [-0.2, -0.15) is 0 Å². The highest BCUT2D eigenvalue weighted by atomic mass is 16.5. The third-order valence-corrected chi connectivity index (χ3v) is 3.60. The Hall–Kier alpha value is -2.69. The van der Waals surface area contributed by atoms with Crippen LogP contribution in [-0.2, 0) is 13.0 Å². The minimum atomic E-state index is 0.00191. The molecule has 0 saturated heterocycles. The van der Waals surface area contributed by atoms with Crippen molar-refractivity contribution in [3.05, 3.63) is 60.8 Å². The maximum Gasteiger partial charge on any atom is 0.158 e. The first-order chi connectivity index (χ1) is 11.3. The fraction of sp³-hybridized carbons (Fsp3) is 0.278. The van der Waals surface area contributed by atoms with Gasteiger partial charge in [-0.05, 0) is 37.1 Å². The summed E-state index contributed by atoms with van der Waals surface area (Å²) < 4.78 is 7.95. The van der Waals surface area contributed by atoms with E-state index >= 15 is 0 Å². The predicted molar refractivity (Wildman–Crippen MR) is 89.2 cm³/mol. The van der Waals surface area contributed by atoms with Crippen LogP contribution < -0.4 is 4.74 Å². The Kier molecular flexibility index (Phi) is 4.66. The minimum absolute atomic E-state index is 0.00191. The van der Waals surface area contributed by atoms with Crippen molar-refractivity contribution in [1.82, 2.24) is 19.5 Å². The predicted octanol–water partition coefficient (Wildman–Crippen LogP) is 3.37. The van der Waals surface area contributed by atoms with Crippen molar-refractivity contribution in [2.45, 2.75) is 32.9 Å². The SMILES string of the molecule is CCc1ccc(-c2nccn2CC(C)Oc2cccnc2)nc1. The van der Waals surface area contributed by atoms with Gasteiger partial charge in [-0.25, -0.2) is 4.98 Å². The number of nitrogens with zero attached hydrogens (tertiary/aromatic N) is 4. The molecular weight excluding hydrogens is 288 g/mol. The molecule has 0 bridgehead atoms. The van der Waals surface area contributed by atoms with Crippen LogP contribution in [0.5, 0.6) is 5.75 Å². The zero-order valence-electron chi connectivity index (χ0n) is 13.4. The highest BCUT2D eigenvalue weighted by Crippen LogP contribution is 2.17. The van der Waals surface area contributed by atoms with Gasteiger partial charge in [-0.3, -0.25) is 9.97 Å². The number of aromatic nitrogens is 4. The molecule has 1 unspecified atom stereocenters. The van der Waals surface area contributed by atoms with Crippen LogP contribution in [0.2, 0.25) is 0 Å². The van der Waals surface area contributed by atoms with Gasteiger partial charge < -0.3 is 9.30 Å². The van der Waals surface area contributed by atoms with E-state index in [1.807, 2.05) is 37.5 Å². The maximum absolute atomic E-state index is 5.88. The fourth-order valence-corrected chi connectivity index (χ4v) is 2.42. The number of rotatable bonds is 6. The molecule has 0 aliphatic heterocycles. The molecule has 0 radical (unpaired) electrons. The molecule has 3 aromatic heterocycles. The largest absolute Gasteiger partial charge is 0.487 e. The summed E-state index contributed by atoms with van der Waals surface area (Å²) in [6.45, 7) is 4.85. The summed E-state index contributed by atoms with van der Waals surface area (Å²) in [5, 5.41) is 0. The molecule has 0 N–H and O–H groups in total. The van der Waals surface area contributed by atoms with E-state index in [4.69, 9.17) is 4.74 Å². The van der Waals surface area contributed by atoms with Crippen LogP contribution in [0.1, 0.15) is 19.4 Å². The van der Waals surface area contributed by atoms with Crippen LogP contribution >= 0.6 is 0 Å². The molecule has 0 spiro atoms. The lowest BCUT2D eigenvalue weighted by molar-refractivity contribution is 0.199. The number of aryl methyl sites for hydroxylation is 1. The van der Waals surface area contributed by atoms with Gasteiger partial charge in [0.05, 0.1) is 12.7 Å². The number of hydrogen-bond donors (Lipinski definition) is 0. The molecule has 5 nitrogen and oxygen atoms in total. The highest BCUT2D eigenvalue weighted by molar-refractivity contribution is 5.49. The summed E-state index contributed by atoms with van der Waals surface area (Å²) in [5.41, 5.74) is 2.10. The molecule has 0 amide bonds. The molecule has 23 heavy (non-hydrogen) atoms. The Bertz CT molecular complexity index is 737. The Morgan fingerprint density at radius 1 is 1.13 bits per heavy atom. The van der Waals surface area contributed by atoms with Crippen LogP contribution in [0.15, 0.2) is 55.2 Å². The van der Waals surface area contributed by atoms with E-state index in [9.17, 15) is 0 Å². The third-order valence-electron chi connectivity index (χ3n) is 3.60. The molecular formula is C18H20N4O. The second-order valence-electron chi connectivity index (χ2n) is 5.43. The van der Waals surface area contributed by atoms with Gasteiger partial charge in [0.15, 0.2) is 5.82 Å². The van der Waals surface area contributed by atoms with Gasteiger partial charge in [0.2, 0.25) is 0 Å². The zero-order valence-corrected chi connectivity index (χ0v) is 13.4. The topological polar surface area (TPSA) is 52.8 Å². The summed E-state index contributed by atoms with van der Waals surface area (Å²) >= 11 is 0. The van der Waals surface area contributed by atoms with E-state index < -0.39 is 0 Å². The van der Waals surface area contributed by atoms with E-state index in [1.165, 1.54) is 5.56 Å². The molecule has 0 aliphatic rings. The first-order valence-electron chi connectivity index (χ1n) is 7.79. The van der Waals surface area contributed by atoms with E-state index in [1.54, 1.807) is 18.6 Å². The van der Waals surface area contributed by atoms with Crippen LogP contribution in [0.4, 0.5) is 0 Å². The first-order valence-corrected chi connectivity index (χ1v) is 7.79. The summed E-state index contributed by atoms with van der Waals surface area (Å²) in [7, 11) is 0. The van der Waals surface area contributed by atoms with Crippen LogP contribution in [-0.4, -0.2) is 25.6 Å². The molecule has 1 atom stereocenters. The van der Waals surface area contributed by atoms with Crippen molar-refractivity contribution in [2.24, 2.45) is 0 Å². The minimum Gasteiger partial charge on any atom is -0.487 e. The van der Waals surface area contributed by atoms with Crippen molar-refractivity contribution in [1.29, 1.82) is 0 Å². The van der Waals surface area contributed by atoms with Crippen molar-refractivity contribution in [2.75, 3.05) is 0 Å². The molecule has 0 saturated carbocycles.